The third-order valence-electron chi connectivity index (χ3n) is 3.15. The summed E-state index contributed by atoms with van der Waals surface area (Å²) in [6, 6.07) is 10.8. The Labute approximate surface area is 142 Å². The average Bonchev–Trinajstić information content (AvgIpc) is 2.41. The minimum Gasteiger partial charge on any atom is -0.268 e. The number of rotatable bonds is 1. The number of nitrogens with zero attached hydrogens (tertiary/aromatic N) is 2. The average molecular weight is 429 g/mol. The summed E-state index contributed by atoms with van der Waals surface area (Å²) in [6.45, 7) is 1.81. The van der Waals surface area contributed by atoms with Crippen LogP contribution in [0.3, 0.4) is 0 Å². The van der Waals surface area contributed by atoms with Gasteiger partial charge in [-0.3, -0.25) is 9.36 Å². The number of aryl methyl sites for hydroxylation is 1. The Morgan fingerprint density at radius 3 is 2.43 bits per heavy atom. The van der Waals surface area contributed by atoms with E-state index in [1.54, 1.807) is 29.7 Å². The zero-order chi connectivity index (χ0) is 15.1. The smallest absolute Gasteiger partial charge is 0.266 e. The number of hydrogen-bond donors (Lipinski definition) is 0. The van der Waals surface area contributed by atoms with Gasteiger partial charge in [0.1, 0.15) is 5.82 Å². The molecule has 3 rings (SSSR count). The SMILES string of the molecule is Cc1nc2ccccc2c(=O)n1-c1c(Br)cc(Cl)cc1Br. The minimum atomic E-state index is -0.109. The first kappa shape index (κ1) is 14.8. The molecule has 0 amide bonds. The fourth-order valence-electron chi connectivity index (χ4n) is 2.26. The Morgan fingerprint density at radius 1 is 1.14 bits per heavy atom. The van der Waals surface area contributed by atoms with Gasteiger partial charge in [-0.2, -0.15) is 0 Å². The molecule has 0 fully saturated rings. The summed E-state index contributed by atoms with van der Waals surface area (Å²) in [5.74, 6) is 0.613. The van der Waals surface area contributed by atoms with Gasteiger partial charge in [0.2, 0.25) is 0 Å². The highest BCUT2D eigenvalue weighted by Gasteiger charge is 2.15. The highest BCUT2D eigenvalue weighted by molar-refractivity contribution is 9.11. The lowest BCUT2D eigenvalue weighted by molar-refractivity contribution is 0.887. The van der Waals surface area contributed by atoms with Crippen LogP contribution >= 0.6 is 43.5 Å². The highest BCUT2D eigenvalue weighted by Crippen LogP contribution is 2.32. The molecule has 0 aliphatic heterocycles. The molecule has 0 aliphatic rings. The highest BCUT2D eigenvalue weighted by atomic mass is 79.9. The van der Waals surface area contributed by atoms with Crippen molar-refractivity contribution in [3.05, 3.63) is 66.5 Å². The molecular formula is C15H9Br2ClN2O. The van der Waals surface area contributed by atoms with Gasteiger partial charge >= 0.3 is 0 Å². The van der Waals surface area contributed by atoms with Crippen LogP contribution in [0.4, 0.5) is 0 Å². The molecule has 0 unspecified atom stereocenters. The van der Waals surface area contributed by atoms with Crippen molar-refractivity contribution in [1.29, 1.82) is 0 Å². The quantitative estimate of drug-likeness (QED) is 0.554. The van der Waals surface area contributed by atoms with Gasteiger partial charge in [0.05, 0.1) is 16.6 Å². The van der Waals surface area contributed by atoms with Gasteiger partial charge in [-0.15, -0.1) is 0 Å². The number of hydrogen-bond acceptors (Lipinski definition) is 2. The molecule has 3 aromatic rings. The summed E-state index contributed by atoms with van der Waals surface area (Å²) in [5.41, 5.74) is 1.28. The molecule has 6 heteroatoms. The topological polar surface area (TPSA) is 34.9 Å². The molecule has 106 valence electrons. The van der Waals surface area contributed by atoms with Gasteiger partial charge in [0.25, 0.3) is 5.56 Å². The first-order chi connectivity index (χ1) is 9.99. The maximum Gasteiger partial charge on any atom is 0.266 e. The van der Waals surface area contributed by atoms with Crippen LogP contribution in [0.2, 0.25) is 5.02 Å². The number of para-hydroxylation sites is 1. The van der Waals surface area contributed by atoms with Crippen molar-refractivity contribution < 1.29 is 0 Å². The van der Waals surface area contributed by atoms with Crippen LogP contribution in [-0.2, 0) is 0 Å². The summed E-state index contributed by atoms with van der Waals surface area (Å²) in [7, 11) is 0. The molecule has 2 aromatic carbocycles. The molecule has 0 saturated heterocycles. The molecule has 0 bridgehead atoms. The maximum absolute atomic E-state index is 12.8. The van der Waals surface area contributed by atoms with Crippen molar-refractivity contribution in [1.82, 2.24) is 9.55 Å². The van der Waals surface area contributed by atoms with Crippen LogP contribution in [0.25, 0.3) is 16.6 Å². The fraction of sp³-hybridized carbons (Fsp3) is 0.0667. The van der Waals surface area contributed by atoms with E-state index in [1.165, 1.54) is 0 Å². The van der Waals surface area contributed by atoms with Gasteiger partial charge in [0.15, 0.2) is 0 Å². The van der Waals surface area contributed by atoms with Crippen molar-refractivity contribution in [3.8, 4) is 5.69 Å². The van der Waals surface area contributed by atoms with E-state index >= 15 is 0 Å². The van der Waals surface area contributed by atoms with Crippen LogP contribution < -0.4 is 5.56 Å². The second-order valence-electron chi connectivity index (χ2n) is 4.53. The predicted molar refractivity (Wildman–Crippen MR) is 92.5 cm³/mol. The second kappa shape index (κ2) is 5.55. The minimum absolute atomic E-state index is 0.109. The van der Waals surface area contributed by atoms with E-state index in [-0.39, 0.29) is 5.56 Å². The van der Waals surface area contributed by atoms with E-state index < -0.39 is 0 Å². The molecule has 0 aliphatic carbocycles. The molecule has 1 heterocycles. The lowest BCUT2D eigenvalue weighted by atomic mass is 10.2. The summed E-state index contributed by atoms with van der Waals surface area (Å²) >= 11 is 13.0. The largest absolute Gasteiger partial charge is 0.268 e. The zero-order valence-electron chi connectivity index (χ0n) is 10.9. The van der Waals surface area contributed by atoms with Gasteiger partial charge < -0.3 is 0 Å². The van der Waals surface area contributed by atoms with E-state index in [4.69, 9.17) is 11.6 Å². The van der Waals surface area contributed by atoms with Gasteiger partial charge in [-0.1, -0.05) is 23.7 Å². The van der Waals surface area contributed by atoms with Crippen LogP contribution in [0.1, 0.15) is 5.82 Å². The Hall–Kier alpha value is -1.17. The molecule has 0 saturated carbocycles. The Morgan fingerprint density at radius 2 is 1.76 bits per heavy atom. The third-order valence-corrected chi connectivity index (χ3v) is 4.58. The lowest BCUT2D eigenvalue weighted by Crippen LogP contribution is -2.23. The Balaban J connectivity index is 2.44. The Bertz CT molecular complexity index is 898. The lowest BCUT2D eigenvalue weighted by Gasteiger charge is -2.14. The van der Waals surface area contributed by atoms with Crippen molar-refractivity contribution in [2.24, 2.45) is 0 Å². The van der Waals surface area contributed by atoms with Crippen molar-refractivity contribution in [2.75, 3.05) is 0 Å². The maximum atomic E-state index is 12.8. The molecular weight excluding hydrogens is 419 g/mol. The van der Waals surface area contributed by atoms with Crippen LogP contribution in [0.5, 0.6) is 0 Å². The van der Waals surface area contributed by atoms with Crippen molar-refractivity contribution >= 4 is 54.4 Å². The van der Waals surface area contributed by atoms with Crippen LogP contribution in [0.15, 0.2) is 50.1 Å². The number of fused-ring (bicyclic) bond motifs is 1. The molecule has 1 aromatic heterocycles. The second-order valence-corrected chi connectivity index (χ2v) is 6.68. The molecule has 0 N–H and O–H groups in total. The zero-order valence-corrected chi connectivity index (χ0v) is 14.8. The first-order valence-corrected chi connectivity index (χ1v) is 8.09. The number of aromatic nitrogens is 2. The molecule has 0 spiro atoms. The molecule has 0 atom stereocenters. The number of halogens is 3. The summed E-state index contributed by atoms with van der Waals surface area (Å²) in [4.78, 5) is 17.3. The van der Waals surface area contributed by atoms with Gasteiger partial charge in [-0.25, -0.2) is 4.98 Å². The summed E-state index contributed by atoms with van der Waals surface area (Å²) in [6.07, 6.45) is 0. The van der Waals surface area contributed by atoms with Crippen LogP contribution in [-0.4, -0.2) is 9.55 Å². The molecule has 3 nitrogen and oxygen atoms in total. The fourth-order valence-corrected chi connectivity index (χ4v) is 4.28. The normalized spacial score (nSPS) is 11.0. The van der Waals surface area contributed by atoms with E-state index in [9.17, 15) is 4.79 Å². The predicted octanol–water partition coefficient (Wildman–Crippen LogP) is 4.87. The first-order valence-electron chi connectivity index (χ1n) is 6.12. The van der Waals surface area contributed by atoms with Crippen molar-refractivity contribution in [3.63, 3.8) is 0 Å². The standard InChI is InChI=1S/C15H9Br2ClN2O/c1-8-19-13-5-3-2-4-10(13)15(21)20(8)14-11(16)6-9(18)7-12(14)17/h2-7H,1H3. The van der Waals surface area contributed by atoms with E-state index in [2.05, 4.69) is 36.8 Å². The van der Waals surface area contributed by atoms with E-state index in [0.29, 0.717) is 27.4 Å². The summed E-state index contributed by atoms with van der Waals surface area (Å²) < 4.78 is 3.03. The van der Waals surface area contributed by atoms with E-state index in [1.807, 2.05) is 18.2 Å². The Kier molecular flexibility index (Phi) is 3.90. The molecule has 0 radical (unpaired) electrons. The third kappa shape index (κ3) is 2.54. The van der Waals surface area contributed by atoms with Gasteiger partial charge in [0, 0.05) is 14.0 Å². The van der Waals surface area contributed by atoms with E-state index in [0.717, 1.165) is 8.95 Å². The van der Waals surface area contributed by atoms with Crippen LogP contribution in [0, 0.1) is 6.92 Å². The number of benzene rings is 2. The van der Waals surface area contributed by atoms with Gasteiger partial charge in [-0.05, 0) is 63.0 Å². The summed E-state index contributed by atoms with van der Waals surface area (Å²) in [5, 5.41) is 1.16. The van der Waals surface area contributed by atoms with Crippen molar-refractivity contribution in [2.45, 2.75) is 6.92 Å². The monoisotopic (exact) mass is 426 g/mol. The molecule has 21 heavy (non-hydrogen) atoms.